The summed E-state index contributed by atoms with van der Waals surface area (Å²) in [4.78, 5) is 23.2. The summed E-state index contributed by atoms with van der Waals surface area (Å²) in [5, 5.41) is 7.88. The third-order valence-corrected chi connectivity index (χ3v) is 3.33. The van der Waals surface area contributed by atoms with Crippen LogP contribution in [0.4, 0.5) is 4.79 Å². The Morgan fingerprint density at radius 3 is 2.35 bits per heavy atom. The number of hydrogen-bond donors (Lipinski definition) is 3. The SMILES string of the molecule is CCc1ccc(CNC(=O)NCC(=O)NCc2ccco2)cc1. The van der Waals surface area contributed by atoms with E-state index >= 15 is 0 Å². The molecular formula is C17H21N3O3. The quantitative estimate of drug-likeness (QED) is 0.730. The summed E-state index contributed by atoms with van der Waals surface area (Å²) in [5.41, 5.74) is 2.27. The van der Waals surface area contributed by atoms with Crippen LogP contribution in [0.15, 0.2) is 47.1 Å². The minimum Gasteiger partial charge on any atom is -0.467 e. The molecule has 0 fully saturated rings. The van der Waals surface area contributed by atoms with Gasteiger partial charge in [-0.15, -0.1) is 0 Å². The van der Waals surface area contributed by atoms with Gasteiger partial charge in [-0.2, -0.15) is 0 Å². The van der Waals surface area contributed by atoms with Gasteiger partial charge in [0, 0.05) is 6.54 Å². The molecule has 0 aliphatic heterocycles. The van der Waals surface area contributed by atoms with Crippen molar-refractivity contribution in [3.05, 3.63) is 59.5 Å². The largest absolute Gasteiger partial charge is 0.467 e. The lowest BCUT2D eigenvalue weighted by Crippen LogP contribution is -2.41. The van der Waals surface area contributed by atoms with Gasteiger partial charge in [0.2, 0.25) is 5.91 Å². The maximum Gasteiger partial charge on any atom is 0.315 e. The first-order valence-corrected chi connectivity index (χ1v) is 7.56. The Hall–Kier alpha value is -2.76. The molecule has 6 heteroatoms. The molecule has 0 aliphatic rings. The fourth-order valence-corrected chi connectivity index (χ4v) is 1.96. The number of furan rings is 1. The topological polar surface area (TPSA) is 83.4 Å². The molecule has 3 amide bonds. The Labute approximate surface area is 135 Å². The van der Waals surface area contributed by atoms with Crippen molar-refractivity contribution in [2.45, 2.75) is 26.4 Å². The van der Waals surface area contributed by atoms with Gasteiger partial charge >= 0.3 is 6.03 Å². The van der Waals surface area contributed by atoms with Gasteiger partial charge in [-0.05, 0) is 29.7 Å². The van der Waals surface area contributed by atoms with E-state index in [1.165, 1.54) is 5.56 Å². The van der Waals surface area contributed by atoms with Crippen LogP contribution in [0.3, 0.4) is 0 Å². The summed E-state index contributed by atoms with van der Waals surface area (Å²) in [6, 6.07) is 11.2. The molecule has 6 nitrogen and oxygen atoms in total. The average molecular weight is 315 g/mol. The molecule has 0 atom stereocenters. The molecule has 2 aromatic rings. The maximum absolute atomic E-state index is 11.7. The minimum atomic E-state index is -0.377. The smallest absolute Gasteiger partial charge is 0.315 e. The van der Waals surface area contributed by atoms with Crippen molar-refractivity contribution in [3.8, 4) is 0 Å². The van der Waals surface area contributed by atoms with E-state index < -0.39 is 0 Å². The van der Waals surface area contributed by atoms with Crippen molar-refractivity contribution >= 4 is 11.9 Å². The van der Waals surface area contributed by atoms with Crippen LogP contribution < -0.4 is 16.0 Å². The number of nitrogens with one attached hydrogen (secondary N) is 3. The standard InChI is InChI=1S/C17H21N3O3/c1-2-13-5-7-14(8-6-13)10-19-17(22)20-12-16(21)18-11-15-4-3-9-23-15/h3-9H,2,10-12H2,1H3,(H,18,21)(H2,19,20,22). The number of rotatable bonds is 7. The van der Waals surface area contributed by atoms with Crippen LogP contribution in [0.2, 0.25) is 0 Å². The van der Waals surface area contributed by atoms with E-state index in [1.807, 2.05) is 24.3 Å². The van der Waals surface area contributed by atoms with E-state index in [-0.39, 0.29) is 18.5 Å². The van der Waals surface area contributed by atoms with Gasteiger partial charge in [0.15, 0.2) is 0 Å². The van der Waals surface area contributed by atoms with Crippen LogP contribution in [0.1, 0.15) is 23.8 Å². The summed E-state index contributed by atoms with van der Waals surface area (Å²) < 4.78 is 5.10. The Morgan fingerprint density at radius 1 is 0.957 bits per heavy atom. The molecular weight excluding hydrogens is 294 g/mol. The Morgan fingerprint density at radius 2 is 1.70 bits per heavy atom. The third-order valence-electron chi connectivity index (χ3n) is 3.33. The highest BCUT2D eigenvalue weighted by molar-refractivity contribution is 5.83. The number of amides is 3. The summed E-state index contributed by atoms with van der Waals surface area (Å²) >= 11 is 0. The fraction of sp³-hybridized carbons (Fsp3) is 0.294. The number of benzene rings is 1. The Bertz CT molecular complexity index is 621. The van der Waals surface area contributed by atoms with Gasteiger partial charge in [-0.25, -0.2) is 4.79 Å². The highest BCUT2D eigenvalue weighted by Crippen LogP contribution is 2.04. The zero-order valence-electron chi connectivity index (χ0n) is 13.1. The van der Waals surface area contributed by atoms with Gasteiger partial charge in [0.1, 0.15) is 5.76 Å². The van der Waals surface area contributed by atoms with Gasteiger partial charge in [-0.3, -0.25) is 4.79 Å². The summed E-state index contributed by atoms with van der Waals surface area (Å²) in [5.74, 6) is 0.391. The number of carbonyl (C=O) groups is 2. The van der Waals surface area contributed by atoms with Crippen LogP contribution >= 0.6 is 0 Å². The molecule has 23 heavy (non-hydrogen) atoms. The highest BCUT2D eigenvalue weighted by atomic mass is 16.3. The van der Waals surface area contributed by atoms with E-state index in [1.54, 1.807) is 18.4 Å². The second-order valence-electron chi connectivity index (χ2n) is 5.06. The highest BCUT2D eigenvalue weighted by Gasteiger charge is 2.05. The number of urea groups is 1. The molecule has 0 bridgehead atoms. The summed E-state index contributed by atoms with van der Waals surface area (Å²) in [6.07, 6.45) is 2.53. The van der Waals surface area contributed by atoms with Crippen molar-refractivity contribution in [1.29, 1.82) is 0 Å². The lowest BCUT2D eigenvalue weighted by Gasteiger charge is -2.08. The van der Waals surface area contributed by atoms with Crippen molar-refractivity contribution in [1.82, 2.24) is 16.0 Å². The van der Waals surface area contributed by atoms with E-state index in [4.69, 9.17) is 4.42 Å². The monoisotopic (exact) mass is 315 g/mol. The predicted molar refractivity (Wildman–Crippen MR) is 86.6 cm³/mol. The third kappa shape index (κ3) is 5.86. The van der Waals surface area contributed by atoms with Crippen LogP contribution in [-0.2, 0) is 24.3 Å². The van der Waals surface area contributed by atoms with Crippen LogP contribution in [0.25, 0.3) is 0 Å². The first kappa shape index (κ1) is 16.6. The molecule has 1 aromatic heterocycles. The normalized spacial score (nSPS) is 10.1. The molecule has 1 heterocycles. The van der Waals surface area contributed by atoms with Gasteiger partial charge in [0.05, 0.1) is 19.4 Å². The zero-order valence-corrected chi connectivity index (χ0v) is 13.1. The van der Waals surface area contributed by atoms with E-state index in [0.29, 0.717) is 18.8 Å². The van der Waals surface area contributed by atoms with Crippen LogP contribution in [0, 0.1) is 0 Å². The molecule has 122 valence electrons. The minimum absolute atomic E-state index is 0.0820. The second kappa shape index (κ2) is 8.63. The molecule has 0 radical (unpaired) electrons. The van der Waals surface area contributed by atoms with E-state index in [9.17, 15) is 9.59 Å². The van der Waals surface area contributed by atoms with Crippen molar-refractivity contribution < 1.29 is 14.0 Å². The summed E-state index contributed by atoms with van der Waals surface area (Å²) in [7, 11) is 0. The number of aryl methyl sites for hydroxylation is 1. The molecule has 0 aliphatic carbocycles. The predicted octanol–water partition coefficient (Wildman–Crippen LogP) is 1.96. The fourth-order valence-electron chi connectivity index (χ4n) is 1.96. The van der Waals surface area contributed by atoms with Gasteiger partial charge in [0.25, 0.3) is 0 Å². The molecule has 3 N–H and O–H groups in total. The molecule has 1 aromatic carbocycles. The Kier molecular flexibility index (Phi) is 6.23. The summed E-state index contributed by atoms with van der Waals surface area (Å²) in [6.45, 7) is 2.74. The van der Waals surface area contributed by atoms with Gasteiger partial charge < -0.3 is 20.4 Å². The molecule has 0 saturated heterocycles. The molecule has 0 saturated carbocycles. The molecule has 2 rings (SSSR count). The van der Waals surface area contributed by atoms with Crippen molar-refractivity contribution in [2.75, 3.05) is 6.54 Å². The first-order valence-electron chi connectivity index (χ1n) is 7.56. The van der Waals surface area contributed by atoms with Crippen LogP contribution in [-0.4, -0.2) is 18.5 Å². The Balaban J connectivity index is 1.63. The molecule has 0 unspecified atom stereocenters. The maximum atomic E-state index is 11.7. The van der Waals surface area contributed by atoms with Crippen LogP contribution in [0.5, 0.6) is 0 Å². The zero-order chi connectivity index (χ0) is 16.5. The van der Waals surface area contributed by atoms with E-state index in [0.717, 1.165) is 12.0 Å². The lowest BCUT2D eigenvalue weighted by atomic mass is 10.1. The van der Waals surface area contributed by atoms with Crippen molar-refractivity contribution in [2.24, 2.45) is 0 Å². The lowest BCUT2D eigenvalue weighted by molar-refractivity contribution is -0.120. The van der Waals surface area contributed by atoms with Gasteiger partial charge in [-0.1, -0.05) is 31.2 Å². The number of hydrogen-bond acceptors (Lipinski definition) is 3. The first-order chi connectivity index (χ1) is 11.2. The van der Waals surface area contributed by atoms with E-state index in [2.05, 4.69) is 22.9 Å². The molecule has 0 spiro atoms. The number of carbonyl (C=O) groups excluding carboxylic acids is 2. The average Bonchev–Trinajstić information content (AvgIpc) is 3.10. The second-order valence-corrected chi connectivity index (χ2v) is 5.06. The van der Waals surface area contributed by atoms with Crippen molar-refractivity contribution in [3.63, 3.8) is 0 Å².